The maximum absolute atomic E-state index is 12.1. The SMILES string of the molecule is O=C(COc1ccc(Cl)cc1)NNC(=O)C[NH+]1CCN(c2ccccc2O)CC1. The Bertz CT molecular complexity index is 839. The average molecular weight is 420 g/mol. The zero-order valence-corrected chi connectivity index (χ0v) is 16.6. The number of amides is 2. The standard InChI is InChI=1S/C20H23ClN4O4/c21-15-5-7-16(8-6-15)29-14-20(28)23-22-19(27)13-24-9-11-25(12-10-24)17-3-1-2-4-18(17)26/h1-8,26H,9-14H2,(H,22,27)(H,23,28)/p+1. The van der Waals surface area contributed by atoms with Crippen molar-refractivity contribution in [1.82, 2.24) is 10.9 Å². The molecule has 1 fully saturated rings. The summed E-state index contributed by atoms with van der Waals surface area (Å²) in [6, 6.07) is 13.9. The molecule has 9 heteroatoms. The van der Waals surface area contributed by atoms with Crippen molar-refractivity contribution in [1.29, 1.82) is 0 Å². The summed E-state index contributed by atoms with van der Waals surface area (Å²) in [6.07, 6.45) is 0. The molecule has 1 aliphatic heterocycles. The number of carbonyl (C=O) groups is 2. The van der Waals surface area contributed by atoms with Crippen LogP contribution in [0.15, 0.2) is 48.5 Å². The van der Waals surface area contributed by atoms with Crippen molar-refractivity contribution in [2.75, 3.05) is 44.2 Å². The molecule has 0 bridgehead atoms. The quantitative estimate of drug-likeness (QED) is 0.493. The summed E-state index contributed by atoms with van der Waals surface area (Å²) in [4.78, 5) is 27.1. The van der Waals surface area contributed by atoms with Crippen LogP contribution in [0.1, 0.15) is 0 Å². The van der Waals surface area contributed by atoms with Crippen molar-refractivity contribution in [3.8, 4) is 11.5 Å². The van der Waals surface area contributed by atoms with Gasteiger partial charge in [0, 0.05) is 5.02 Å². The number of benzene rings is 2. The van der Waals surface area contributed by atoms with E-state index in [1.54, 1.807) is 36.4 Å². The van der Waals surface area contributed by atoms with Crippen molar-refractivity contribution in [3.05, 3.63) is 53.6 Å². The number of para-hydroxylation sites is 2. The predicted octanol–water partition coefficient (Wildman–Crippen LogP) is -0.0231. The molecule has 29 heavy (non-hydrogen) atoms. The van der Waals surface area contributed by atoms with Gasteiger partial charge in [0.05, 0.1) is 31.9 Å². The summed E-state index contributed by atoms with van der Waals surface area (Å²) in [5.74, 6) is 0.0587. The van der Waals surface area contributed by atoms with Crippen LogP contribution in [0.2, 0.25) is 5.02 Å². The Morgan fingerprint density at radius 3 is 2.38 bits per heavy atom. The number of rotatable bonds is 6. The molecule has 2 aromatic carbocycles. The number of nitrogens with one attached hydrogen (secondary N) is 3. The van der Waals surface area contributed by atoms with Gasteiger partial charge in [0.25, 0.3) is 11.8 Å². The van der Waals surface area contributed by atoms with Gasteiger partial charge in [0.15, 0.2) is 13.2 Å². The van der Waals surface area contributed by atoms with Crippen LogP contribution in [0, 0.1) is 0 Å². The van der Waals surface area contributed by atoms with Crippen LogP contribution in [0.25, 0.3) is 0 Å². The zero-order valence-electron chi connectivity index (χ0n) is 15.9. The van der Waals surface area contributed by atoms with E-state index >= 15 is 0 Å². The fourth-order valence-electron chi connectivity index (χ4n) is 3.10. The van der Waals surface area contributed by atoms with E-state index in [0.717, 1.165) is 36.8 Å². The third-order valence-electron chi connectivity index (χ3n) is 4.63. The van der Waals surface area contributed by atoms with Crippen LogP contribution in [-0.4, -0.2) is 56.3 Å². The van der Waals surface area contributed by atoms with E-state index in [9.17, 15) is 14.7 Å². The lowest BCUT2D eigenvalue weighted by atomic mass is 10.2. The molecule has 1 aliphatic rings. The highest BCUT2D eigenvalue weighted by molar-refractivity contribution is 6.30. The van der Waals surface area contributed by atoms with Crippen molar-refractivity contribution in [2.45, 2.75) is 0 Å². The Morgan fingerprint density at radius 1 is 1.03 bits per heavy atom. The number of phenols is 1. The lowest BCUT2D eigenvalue weighted by Gasteiger charge is -2.33. The fraction of sp³-hybridized carbons (Fsp3) is 0.300. The highest BCUT2D eigenvalue weighted by Crippen LogP contribution is 2.25. The summed E-state index contributed by atoms with van der Waals surface area (Å²) in [7, 11) is 0. The number of anilines is 1. The van der Waals surface area contributed by atoms with E-state index in [2.05, 4.69) is 15.8 Å². The number of nitrogens with zero attached hydrogens (tertiary/aromatic N) is 1. The molecule has 0 aromatic heterocycles. The maximum atomic E-state index is 12.1. The molecule has 1 saturated heterocycles. The third kappa shape index (κ3) is 6.27. The maximum Gasteiger partial charge on any atom is 0.293 e. The summed E-state index contributed by atoms with van der Waals surface area (Å²) >= 11 is 5.79. The normalized spacial score (nSPS) is 14.3. The lowest BCUT2D eigenvalue weighted by molar-refractivity contribution is -0.892. The summed E-state index contributed by atoms with van der Waals surface area (Å²) < 4.78 is 5.32. The average Bonchev–Trinajstić information content (AvgIpc) is 2.73. The van der Waals surface area contributed by atoms with Gasteiger partial charge in [-0.3, -0.25) is 20.4 Å². The van der Waals surface area contributed by atoms with Gasteiger partial charge in [0.2, 0.25) is 0 Å². The van der Waals surface area contributed by atoms with Gasteiger partial charge in [-0.25, -0.2) is 0 Å². The van der Waals surface area contributed by atoms with Gasteiger partial charge in [-0.1, -0.05) is 23.7 Å². The van der Waals surface area contributed by atoms with Crippen LogP contribution in [-0.2, 0) is 9.59 Å². The van der Waals surface area contributed by atoms with Gasteiger partial charge >= 0.3 is 0 Å². The van der Waals surface area contributed by atoms with Crippen LogP contribution in [0.5, 0.6) is 11.5 Å². The summed E-state index contributed by atoms with van der Waals surface area (Å²) in [5, 5.41) is 10.5. The number of phenolic OH excluding ortho intramolecular Hbond substituents is 1. The number of aromatic hydroxyl groups is 1. The second-order valence-corrected chi connectivity index (χ2v) is 7.18. The number of carbonyl (C=O) groups excluding carboxylic acids is 2. The highest BCUT2D eigenvalue weighted by Gasteiger charge is 2.23. The first-order valence-corrected chi connectivity index (χ1v) is 9.71. The molecule has 8 nitrogen and oxygen atoms in total. The molecule has 2 amide bonds. The van der Waals surface area contributed by atoms with Crippen molar-refractivity contribution >= 4 is 29.1 Å². The highest BCUT2D eigenvalue weighted by atomic mass is 35.5. The topological polar surface area (TPSA) is 95.3 Å². The second-order valence-electron chi connectivity index (χ2n) is 6.74. The molecule has 0 spiro atoms. The molecule has 0 radical (unpaired) electrons. The minimum atomic E-state index is -0.451. The lowest BCUT2D eigenvalue weighted by Crippen LogP contribution is -3.16. The Hall–Kier alpha value is -2.97. The molecular weight excluding hydrogens is 396 g/mol. The largest absolute Gasteiger partial charge is 0.506 e. The second kappa shape index (κ2) is 9.99. The van der Waals surface area contributed by atoms with Crippen LogP contribution in [0.3, 0.4) is 0 Å². The first-order valence-electron chi connectivity index (χ1n) is 9.34. The van der Waals surface area contributed by atoms with Crippen LogP contribution < -0.4 is 25.4 Å². The molecule has 1 heterocycles. The van der Waals surface area contributed by atoms with Gasteiger partial charge in [-0.15, -0.1) is 0 Å². The van der Waals surface area contributed by atoms with E-state index in [0.29, 0.717) is 10.8 Å². The smallest absolute Gasteiger partial charge is 0.293 e. The molecule has 3 rings (SSSR count). The number of hydrogen-bond acceptors (Lipinski definition) is 5. The first-order chi connectivity index (χ1) is 14.0. The molecule has 4 N–H and O–H groups in total. The summed E-state index contributed by atoms with van der Waals surface area (Å²) in [5.41, 5.74) is 5.57. The number of halogens is 1. The fourth-order valence-corrected chi connectivity index (χ4v) is 3.22. The molecule has 0 aliphatic carbocycles. The van der Waals surface area contributed by atoms with E-state index in [1.807, 2.05) is 12.1 Å². The molecular formula is C20H24ClN4O4+. The monoisotopic (exact) mass is 419 g/mol. The van der Waals surface area contributed by atoms with Gasteiger partial charge in [-0.05, 0) is 36.4 Å². The number of hydrazine groups is 1. The van der Waals surface area contributed by atoms with E-state index in [4.69, 9.17) is 16.3 Å². The van der Waals surface area contributed by atoms with Gasteiger partial charge in [0.1, 0.15) is 11.5 Å². The Labute approximate surface area is 174 Å². The van der Waals surface area contributed by atoms with Crippen LogP contribution >= 0.6 is 11.6 Å². The molecule has 0 saturated carbocycles. The number of quaternary nitrogens is 1. The predicted molar refractivity (Wildman–Crippen MR) is 109 cm³/mol. The van der Waals surface area contributed by atoms with E-state index < -0.39 is 5.91 Å². The molecule has 154 valence electrons. The zero-order chi connectivity index (χ0) is 20.6. The molecule has 0 unspecified atom stereocenters. The third-order valence-corrected chi connectivity index (χ3v) is 4.88. The van der Waals surface area contributed by atoms with Gasteiger partial charge in [-0.2, -0.15) is 0 Å². The number of hydrogen-bond donors (Lipinski definition) is 4. The minimum Gasteiger partial charge on any atom is -0.506 e. The van der Waals surface area contributed by atoms with Crippen molar-refractivity contribution < 1.29 is 24.3 Å². The Kier molecular flexibility index (Phi) is 7.15. The summed E-state index contributed by atoms with van der Waals surface area (Å²) in [6.45, 7) is 3.04. The Balaban J connectivity index is 1.34. The van der Waals surface area contributed by atoms with Gasteiger partial charge < -0.3 is 19.6 Å². The van der Waals surface area contributed by atoms with Crippen LogP contribution in [0.4, 0.5) is 5.69 Å². The van der Waals surface area contributed by atoms with Crippen molar-refractivity contribution in [2.24, 2.45) is 0 Å². The minimum absolute atomic E-state index is 0.214. The van der Waals surface area contributed by atoms with E-state index in [1.165, 1.54) is 0 Å². The first kappa shape index (κ1) is 20.8. The Morgan fingerprint density at radius 2 is 1.69 bits per heavy atom. The molecule has 2 aromatic rings. The van der Waals surface area contributed by atoms with Crippen molar-refractivity contribution in [3.63, 3.8) is 0 Å². The number of piperazine rings is 1. The molecule has 0 atom stereocenters. The van der Waals surface area contributed by atoms with E-state index in [-0.39, 0.29) is 24.8 Å². The number of ether oxygens (including phenoxy) is 1.